The maximum absolute atomic E-state index is 9.03. The Labute approximate surface area is 152 Å². The van der Waals surface area contributed by atoms with Crippen LogP contribution in [0.5, 0.6) is 0 Å². The van der Waals surface area contributed by atoms with Crippen molar-refractivity contribution in [3.63, 3.8) is 0 Å². The summed E-state index contributed by atoms with van der Waals surface area (Å²) in [5.74, 6) is 0.574. The molecule has 4 nitrogen and oxygen atoms in total. The van der Waals surface area contributed by atoms with E-state index < -0.39 is 0 Å². The summed E-state index contributed by atoms with van der Waals surface area (Å²) in [5, 5.41) is 9.03. The third-order valence-electron chi connectivity index (χ3n) is 6.13. The fourth-order valence-electron chi connectivity index (χ4n) is 4.56. The van der Waals surface area contributed by atoms with Crippen molar-refractivity contribution in [3.8, 4) is 0 Å². The Morgan fingerprint density at radius 1 is 1.24 bits per heavy atom. The first-order chi connectivity index (χ1) is 12.1. The van der Waals surface area contributed by atoms with Crippen molar-refractivity contribution in [3.05, 3.63) is 35.4 Å². The molecule has 3 rings (SSSR count). The standard InChI is InChI=1S/C21H33NO3/c1-16(2)18-6-4-17(5-7-18)15-22-11-10-21(24-3)9-8-19(14-20(21)22)25-13-12-23/h4-7,16,19-20,23H,8-15H2,1-3H3/t19-,20+,21-/m1/s1. The van der Waals surface area contributed by atoms with Crippen molar-refractivity contribution in [1.29, 1.82) is 0 Å². The highest BCUT2D eigenvalue weighted by Crippen LogP contribution is 2.43. The largest absolute Gasteiger partial charge is 0.394 e. The van der Waals surface area contributed by atoms with Gasteiger partial charge in [-0.1, -0.05) is 38.1 Å². The molecule has 2 aliphatic rings. The van der Waals surface area contributed by atoms with Crippen molar-refractivity contribution < 1.29 is 14.6 Å². The van der Waals surface area contributed by atoms with Crippen LogP contribution < -0.4 is 0 Å². The van der Waals surface area contributed by atoms with Crippen LogP contribution in [0.25, 0.3) is 0 Å². The molecule has 25 heavy (non-hydrogen) atoms. The number of nitrogens with zero attached hydrogens (tertiary/aromatic N) is 1. The van der Waals surface area contributed by atoms with Gasteiger partial charge in [-0.05, 0) is 42.7 Å². The Bertz CT molecular complexity index is 545. The summed E-state index contributed by atoms with van der Waals surface area (Å²) >= 11 is 0. The van der Waals surface area contributed by atoms with Gasteiger partial charge in [0, 0.05) is 26.2 Å². The Balaban J connectivity index is 1.68. The molecule has 2 fully saturated rings. The fourth-order valence-corrected chi connectivity index (χ4v) is 4.56. The molecule has 1 saturated heterocycles. The Kier molecular flexibility index (Phi) is 6.16. The summed E-state index contributed by atoms with van der Waals surface area (Å²) in [6.45, 7) is 7.06. The van der Waals surface area contributed by atoms with Crippen molar-refractivity contribution >= 4 is 0 Å². The zero-order chi connectivity index (χ0) is 17.9. The predicted octanol–water partition coefficient (Wildman–Crippen LogP) is 3.33. The monoisotopic (exact) mass is 347 g/mol. The number of rotatable bonds is 7. The van der Waals surface area contributed by atoms with E-state index in [2.05, 4.69) is 43.0 Å². The highest BCUT2D eigenvalue weighted by atomic mass is 16.5. The molecule has 0 radical (unpaired) electrons. The zero-order valence-corrected chi connectivity index (χ0v) is 15.9. The lowest BCUT2D eigenvalue weighted by atomic mass is 9.79. The van der Waals surface area contributed by atoms with E-state index in [1.807, 2.05) is 7.11 Å². The fraction of sp³-hybridized carbons (Fsp3) is 0.714. The van der Waals surface area contributed by atoms with E-state index in [1.165, 1.54) is 11.1 Å². The Hall–Kier alpha value is -0.940. The summed E-state index contributed by atoms with van der Waals surface area (Å²) < 4.78 is 11.9. The Morgan fingerprint density at radius 2 is 2.00 bits per heavy atom. The van der Waals surface area contributed by atoms with Gasteiger partial charge in [-0.2, -0.15) is 0 Å². The van der Waals surface area contributed by atoms with E-state index in [4.69, 9.17) is 14.6 Å². The average Bonchev–Trinajstić information content (AvgIpc) is 2.99. The number of hydrogen-bond acceptors (Lipinski definition) is 4. The number of fused-ring (bicyclic) bond motifs is 1. The number of methoxy groups -OCH3 is 1. The molecule has 0 bridgehead atoms. The van der Waals surface area contributed by atoms with Crippen LogP contribution in [0.1, 0.15) is 56.6 Å². The first-order valence-electron chi connectivity index (χ1n) is 9.68. The van der Waals surface area contributed by atoms with Crippen molar-refractivity contribution in [2.24, 2.45) is 0 Å². The highest BCUT2D eigenvalue weighted by molar-refractivity contribution is 5.25. The molecular weight excluding hydrogens is 314 g/mol. The number of likely N-dealkylation sites (tertiary alicyclic amines) is 1. The molecule has 0 amide bonds. The molecule has 1 heterocycles. The van der Waals surface area contributed by atoms with Crippen LogP contribution in [0.2, 0.25) is 0 Å². The maximum Gasteiger partial charge on any atom is 0.0847 e. The average molecular weight is 347 g/mol. The lowest BCUT2D eigenvalue weighted by Crippen LogP contribution is -2.51. The van der Waals surface area contributed by atoms with E-state index in [0.29, 0.717) is 18.6 Å². The van der Waals surface area contributed by atoms with E-state index in [0.717, 1.165) is 38.8 Å². The molecule has 140 valence electrons. The minimum atomic E-state index is -0.0169. The second-order valence-corrected chi connectivity index (χ2v) is 7.89. The molecule has 1 saturated carbocycles. The van der Waals surface area contributed by atoms with Crippen LogP contribution in [0.15, 0.2) is 24.3 Å². The SMILES string of the molecule is CO[C@@]12CC[C@@H](OCCO)C[C@@H]1N(Cc1ccc(C(C)C)cc1)CC2. The highest BCUT2D eigenvalue weighted by Gasteiger charge is 2.51. The molecule has 1 aliphatic heterocycles. The minimum absolute atomic E-state index is 0.0169. The van der Waals surface area contributed by atoms with Crippen LogP contribution in [-0.2, 0) is 16.0 Å². The van der Waals surface area contributed by atoms with E-state index in [1.54, 1.807) is 0 Å². The van der Waals surface area contributed by atoms with E-state index >= 15 is 0 Å². The van der Waals surface area contributed by atoms with Crippen LogP contribution in [-0.4, -0.2) is 54.6 Å². The van der Waals surface area contributed by atoms with E-state index in [9.17, 15) is 0 Å². The summed E-state index contributed by atoms with van der Waals surface area (Å²) in [5.41, 5.74) is 2.75. The molecule has 0 spiro atoms. The molecular formula is C21H33NO3. The quantitative estimate of drug-likeness (QED) is 0.821. The first kappa shape index (κ1) is 18.8. The van der Waals surface area contributed by atoms with Gasteiger partial charge in [0.05, 0.1) is 24.9 Å². The lowest BCUT2D eigenvalue weighted by Gasteiger charge is -2.43. The van der Waals surface area contributed by atoms with Gasteiger partial charge in [0.15, 0.2) is 0 Å². The normalized spacial score (nSPS) is 30.0. The van der Waals surface area contributed by atoms with Crippen molar-refractivity contribution in [2.45, 2.75) is 69.7 Å². The van der Waals surface area contributed by atoms with Crippen LogP contribution in [0, 0.1) is 0 Å². The summed E-state index contributed by atoms with van der Waals surface area (Å²) in [7, 11) is 1.86. The van der Waals surface area contributed by atoms with Gasteiger partial charge in [0.2, 0.25) is 0 Å². The molecule has 1 N–H and O–H groups in total. The van der Waals surface area contributed by atoms with Gasteiger partial charge in [0.1, 0.15) is 0 Å². The molecule has 0 unspecified atom stereocenters. The van der Waals surface area contributed by atoms with Gasteiger partial charge in [-0.25, -0.2) is 0 Å². The first-order valence-corrected chi connectivity index (χ1v) is 9.68. The third kappa shape index (κ3) is 4.08. The van der Waals surface area contributed by atoms with Gasteiger partial charge in [-0.3, -0.25) is 4.90 Å². The molecule has 1 aliphatic carbocycles. The van der Waals surface area contributed by atoms with Crippen molar-refractivity contribution in [2.75, 3.05) is 26.9 Å². The van der Waals surface area contributed by atoms with Gasteiger partial charge in [-0.15, -0.1) is 0 Å². The predicted molar refractivity (Wildman–Crippen MR) is 99.8 cm³/mol. The maximum atomic E-state index is 9.03. The van der Waals surface area contributed by atoms with Gasteiger partial charge in [0.25, 0.3) is 0 Å². The topological polar surface area (TPSA) is 41.9 Å². The number of hydrogen-bond donors (Lipinski definition) is 1. The number of aliphatic hydroxyl groups is 1. The third-order valence-corrected chi connectivity index (χ3v) is 6.13. The smallest absolute Gasteiger partial charge is 0.0847 e. The number of aliphatic hydroxyl groups excluding tert-OH is 1. The van der Waals surface area contributed by atoms with Gasteiger partial charge < -0.3 is 14.6 Å². The second-order valence-electron chi connectivity index (χ2n) is 7.89. The molecule has 1 aromatic carbocycles. The van der Waals surface area contributed by atoms with Crippen LogP contribution >= 0.6 is 0 Å². The van der Waals surface area contributed by atoms with Crippen LogP contribution in [0.4, 0.5) is 0 Å². The van der Waals surface area contributed by atoms with Crippen molar-refractivity contribution in [1.82, 2.24) is 4.90 Å². The van der Waals surface area contributed by atoms with E-state index in [-0.39, 0.29) is 18.3 Å². The van der Waals surface area contributed by atoms with Gasteiger partial charge >= 0.3 is 0 Å². The summed E-state index contributed by atoms with van der Waals surface area (Å²) in [6, 6.07) is 9.45. The minimum Gasteiger partial charge on any atom is -0.394 e. The number of benzene rings is 1. The molecule has 0 aromatic heterocycles. The second kappa shape index (κ2) is 8.17. The molecule has 1 aromatic rings. The Morgan fingerprint density at radius 3 is 2.64 bits per heavy atom. The van der Waals surface area contributed by atoms with Crippen LogP contribution in [0.3, 0.4) is 0 Å². The summed E-state index contributed by atoms with van der Waals surface area (Å²) in [6.07, 6.45) is 4.42. The summed E-state index contributed by atoms with van der Waals surface area (Å²) in [4.78, 5) is 2.57. The number of ether oxygens (including phenoxy) is 2. The zero-order valence-electron chi connectivity index (χ0n) is 15.9. The molecule has 4 heteroatoms. The lowest BCUT2D eigenvalue weighted by molar-refractivity contribution is -0.104. The molecule has 3 atom stereocenters.